The second-order valence-electron chi connectivity index (χ2n) is 7.49. The molecule has 1 spiro atoms. The van der Waals surface area contributed by atoms with Gasteiger partial charge in [-0.1, -0.05) is 30.3 Å². The minimum atomic E-state index is 0.568. The Morgan fingerprint density at radius 2 is 1.78 bits per heavy atom. The molecule has 2 saturated heterocycles. The summed E-state index contributed by atoms with van der Waals surface area (Å²) in [5.74, 6) is 0. The van der Waals surface area contributed by atoms with Crippen molar-refractivity contribution in [3.63, 3.8) is 0 Å². The van der Waals surface area contributed by atoms with Gasteiger partial charge in [-0.15, -0.1) is 0 Å². The standard InChI is InChI=1S/C20H32N2O/c1-23-16-15-22-13-6-10-20(18-22)11-14-21(17-20)12-5-9-19-7-3-2-4-8-19/h2-4,7-8H,5-6,9-18H2,1H3/t20-/m0/s1. The number of ether oxygens (including phenoxy) is 1. The van der Waals surface area contributed by atoms with Crippen molar-refractivity contribution in [2.75, 3.05) is 53.0 Å². The molecule has 128 valence electrons. The first kappa shape index (κ1) is 16.9. The highest BCUT2D eigenvalue weighted by Crippen LogP contribution is 2.38. The van der Waals surface area contributed by atoms with Crippen LogP contribution in [0.2, 0.25) is 0 Å². The van der Waals surface area contributed by atoms with Crippen molar-refractivity contribution in [3.05, 3.63) is 35.9 Å². The number of piperidine rings is 1. The van der Waals surface area contributed by atoms with Gasteiger partial charge in [0.25, 0.3) is 0 Å². The molecule has 3 nitrogen and oxygen atoms in total. The smallest absolute Gasteiger partial charge is 0.0589 e. The van der Waals surface area contributed by atoms with Crippen molar-refractivity contribution in [1.82, 2.24) is 9.80 Å². The Bertz CT molecular complexity index is 464. The molecule has 1 aromatic rings. The highest BCUT2D eigenvalue weighted by Gasteiger charge is 2.40. The topological polar surface area (TPSA) is 15.7 Å². The van der Waals surface area contributed by atoms with Crippen molar-refractivity contribution in [1.29, 1.82) is 0 Å². The maximum atomic E-state index is 5.26. The SMILES string of the molecule is COCCN1CCC[C@@]2(CCN(CCCc3ccccc3)C2)C1. The van der Waals surface area contributed by atoms with Crippen LogP contribution in [0.1, 0.15) is 31.2 Å². The van der Waals surface area contributed by atoms with E-state index < -0.39 is 0 Å². The van der Waals surface area contributed by atoms with Gasteiger partial charge in [0.2, 0.25) is 0 Å². The van der Waals surface area contributed by atoms with Gasteiger partial charge in [-0.2, -0.15) is 0 Å². The second kappa shape index (κ2) is 8.27. The molecule has 0 aromatic heterocycles. The van der Waals surface area contributed by atoms with E-state index in [2.05, 4.69) is 40.1 Å². The molecule has 0 aliphatic carbocycles. The lowest BCUT2D eigenvalue weighted by molar-refractivity contribution is 0.0678. The summed E-state index contributed by atoms with van der Waals surface area (Å²) in [5.41, 5.74) is 2.04. The van der Waals surface area contributed by atoms with Crippen molar-refractivity contribution in [3.8, 4) is 0 Å². The molecule has 1 aromatic carbocycles. The molecule has 0 radical (unpaired) electrons. The first-order valence-corrected chi connectivity index (χ1v) is 9.27. The van der Waals surface area contributed by atoms with E-state index in [1.807, 2.05) is 7.11 Å². The highest BCUT2D eigenvalue weighted by atomic mass is 16.5. The largest absolute Gasteiger partial charge is 0.383 e. The van der Waals surface area contributed by atoms with Crippen LogP contribution in [0.4, 0.5) is 0 Å². The third-order valence-electron chi connectivity index (χ3n) is 5.65. The van der Waals surface area contributed by atoms with Crippen molar-refractivity contribution in [2.24, 2.45) is 5.41 Å². The molecule has 2 aliphatic rings. The molecule has 3 rings (SSSR count). The maximum Gasteiger partial charge on any atom is 0.0589 e. The molecule has 0 unspecified atom stereocenters. The minimum Gasteiger partial charge on any atom is -0.383 e. The lowest BCUT2D eigenvalue weighted by Crippen LogP contribution is -2.45. The third-order valence-corrected chi connectivity index (χ3v) is 5.65. The molecule has 3 heteroatoms. The molecular formula is C20H32N2O. The van der Waals surface area contributed by atoms with E-state index >= 15 is 0 Å². The molecule has 23 heavy (non-hydrogen) atoms. The van der Waals surface area contributed by atoms with Gasteiger partial charge in [0.15, 0.2) is 0 Å². The quantitative estimate of drug-likeness (QED) is 0.769. The fraction of sp³-hybridized carbons (Fsp3) is 0.700. The predicted octanol–water partition coefficient (Wildman–Crippen LogP) is 3.05. The van der Waals surface area contributed by atoms with Gasteiger partial charge in [0.05, 0.1) is 6.61 Å². The van der Waals surface area contributed by atoms with Crippen LogP contribution in [0.25, 0.3) is 0 Å². The number of rotatable bonds is 7. The number of benzene rings is 1. The summed E-state index contributed by atoms with van der Waals surface area (Å²) in [6.45, 7) is 8.39. The number of methoxy groups -OCH3 is 1. The van der Waals surface area contributed by atoms with E-state index in [1.165, 1.54) is 70.4 Å². The molecule has 2 aliphatic heterocycles. The Kier molecular flexibility index (Phi) is 6.09. The van der Waals surface area contributed by atoms with Crippen molar-refractivity contribution >= 4 is 0 Å². The molecule has 1 atom stereocenters. The van der Waals surface area contributed by atoms with E-state index in [-0.39, 0.29) is 0 Å². The van der Waals surface area contributed by atoms with Gasteiger partial charge in [-0.05, 0) is 62.7 Å². The van der Waals surface area contributed by atoms with Crippen LogP contribution in [0, 0.1) is 5.41 Å². The second-order valence-corrected chi connectivity index (χ2v) is 7.49. The summed E-state index contributed by atoms with van der Waals surface area (Å²) in [7, 11) is 1.81. The zero-order chi connectivity index (χ0) is 16.0. The van der Waals surface area contributed by atoms with Crippen LogP contribution < -0.4 is 0 Å². The lowest BCUT2D eigenvalue weighted by Gasteiger charge is -2.40. The number of hydrogen-bond donors (Lipinski definition) is 0. The van der Waals surface area contributed by atoms with E-state index in [0.29, 0.717) is 5.41 Å². The Morgan fingerprint density at radius 1 is 1.00 bits per heavy atom. The van der Waals surface area contributed by atoms with Gasteiger partial charge in [0.1, 0.15) is 0 Å². The molecule has 0 N–H and O–H groups in total. The van der Waals surface area contributed by atoms with E-state index in [1.54, 1.807) is 0 Å². The Morgan fingerprint density at radius 3 is 2.57 bits per heavy atom. The molecule has 2 heterocycles. The maximum absolute atomic E-state index is 5.26. The summed E-state index contributed by atoms with van der Waals surface area (Å²) in [6, 6.07) is 10.9. The summed E-state index contributed by atoms with van der Waals surface area (Å²) in [6.07, 6.45) is 6.67. The fourth-order valence-corrected chi connectivity index (χ4v) is 4.42. The van der Waals surface area contributed by atoms with Gasteiger partial charge >= 0.3 is 0 Å². The zero-order valence-electron chi connectivity index (χ0n) is 14.7. The molecule has 2 fully saturated rings. The average molecular weight is 316 g/mol. The van der Waals surface area contributed by atoms with Crippen LogP contribution >= 0.6 is 0 Å². The van der Waals surface area contributed by atoms with Crippen molar-refractivity contribution < 1.29 is 4.74 Å². The first-order chi connectivity index (χ1) is 11.3. The van der Waals surface area contributed by atoms with Gasteiger partial charge in [0, 0.05) is 26.7 Å². The summed E-state index contributed by atoms with van der Waals surface area (Å²) in [4.78, 5) is 5.34. The fourth-order valence-electron chi connectivity index (χ4n) is 4.42. The van der Waals surface area contributed by atoms with E-state index in [4.69, 9.17) is 4.74 Å². The average Bonchev–Trinajstić information content (AvgIpc) is 2.96. The summed E-state index contributed by atoms with van der Waals surface area (Å²) in [5, 5.41) is 0. The van der Waals surface area contributed by atoms with Crippen LogP contribution in [-0.2, 0) is 11.2 Å². The zero-order valence-corrected chi connectivity index (χ0v) is 14.7. The number of nitrogens with zero attached hydrogens (tertiary/aromatic N) is 2. The summed E-state index contributed by atoms with van der Waals surface area (Å²) >= 11 is 0. The third kappa shape index (κ3) is 4.79. The van der Waals surface area contributed by atoms with Gasteiger partial charge < -0.3 is 14.5 Å². The molecule has 0 bridgehead atoms. The van der Waals surface area contributed by atoms with Crippen LogP contribution in [0.15, 0.2) is 30.3 Å². The Balaban J connectivity index is 1.42. The minimum absolute atomic E-state index is 0.568. The van der Waals surface area contributed by atoms with E-state index in [0.717, 1.165) is 13.2 Å². The number of aryl methyl sites for hydroxylation is 1. The van der Waals surface area contributed by atoms with E-state index in [9.17, 15) is 0 Å². The van der Waals surface area contributed by atoms with Crippen LogP contribution in [-0.4, -0.2) is 62.8 Å². The van der Waals surface area contributed by atoms with Crippen LogP contribution in [0.3, 0.4) is 0 Å². The predicted molar refractivity (Wildman–Crippen MR) is 95.8 cm³/mol. The highest BCUT2D eigenvalue weighted by molar-refractivity contribution is 5.14. The van der Waals surface area contributed by atoms with Gasteiger partial charge in [-0.25, -0.2) is 0 Å². The monoisotopic (exact) mass is 316 g/mol. The first-order valence-electron chi connectivity index (χ1n) is 9.27. The number of hydrogen-bond acceptors (Lipinski definition) is 3. The lowest BCUT2D eigenvalue weighted by atomic mass is 9.79. The Labute approximate surface area is 141 Å². The Hall–Kier alpha value is -0.900. The van der Waals surface area contributed by atoms with Gasteiger partial charge in [-0.3, -0.25) is 0 Å². The normalized spacial score (nSPS) is 26.1. The molecule has 0 saturated carbocycles. The summed E-state index contributed by atoms with van der Waals surface area (Å²) < 4.78 is 5.26. The molecule has 0 amide bonds. The van der Waals surface area contributed by atoms with Crippen molar-refractivity contribution in [2.45, 2.75) is 32.1 Å². The molecular weight excluding hydrogens is 284 g/mol. The van der Waals surface area contributed by atoms with Crippen LogP contribution in [0.5, 0.6) is 0 Å². The number of likely N-dealkylation sites (tertiary alicyclic amines) is 2.